The van der Waals surface area contributed by atoms with Gasteiger partial charge in [-0.05, 0) is 47.9 Å². The molecule has 0 aliphatic rings. The maximum Gasteiger partial charge on any atom is 0.258 e. The van der Waals surface area contributed by atoms with Crippen LogP contribution in [0.1, 0.15) is 25.3 Å². The largest absolute Gasteiger partial charge is 0.497 e. The molecule has 2 rings (SSSR count). The summed E-state index contributed by atoms with van der Waals surface area (Å²) in [6, 6.07) is 15.1. The maximum absolute atomic E-state index is 11.8. The Labute approximate surface area is 148 Å². The van der Waals surface area contributed by atoms with Gasteiger partial charge in [0.15, 0.2) is 6.61 Å². The second-order valence-corrected chi connectivity index (χ2v) is 5.89. The lowest BCUT2D eigenvalue weighted by molar-refractivity contribution is -0.123. The molecule has 25 heavy (non-hydrogen) atoms. The minimum atomic E-state index is -0.173. The first kappa shape index (κ1) is 18.6. The van der Waals surface area contributed by atoms with E-state index >= 15 is 0 Å². The first-order valence-corrected chi connectivity index (χ1v) is 8.35. The summed E-state index contributed by atoms with van der Waals surface area (Å²) in [6.45, 7) is 5.04. The molecule has 0 saturated heterocycles. The minimum absolute atomic E-state index is 0.00984. The summed E-state index contributed by atoms with van der Waals surface area (Å²) in [6.07, 6.45) is 0. The maximum atomic E-state index is 11.8. The van der Waals surface area contributed by atoms with Crippen molar-refractivity contribution >= 4 is 5.91 Å². The molecule has 2 aromatic rings. The van der Waals surface area contributed by atoms with E-state index in [4.69, 9.17) is 14.2 Å². The van der Waals surface area contributed by atoms with Crippen molar-refractivity contribution in [2.45, 2.75) is 19.8 Å². The van der Waals surface area contributed by atoms with Crippen molar-refractivity contribution in [1.29, 1.82) is 0 Å². The number of methoxy groups -OCH3 is 1. The van der Waals surface area contributed by atoms with Gasteiger partial charge in [-0.3, -0.25) is 4.79 Å². The Morgan fingerprint density at radius 1 is 1.00 bits per heavy atom. The zero-order valence-corrected chi connectivity index (χ0v) is 15.0. The van der Waals surface area contributed by atoms with Gasteiger partial charge >= 0.3 is 0 Å². The van der Waals surface area contributed by atoms with Crippen molar-refractivity contribution in [3.8, 4) is 17.2 Å². The standard InChI is InChI=1S/C20H25NO4/c1-15(2)16-5-4-6-19(13-16)25-14-20(22)21-11-12-24-18-9-7-17(23-3)8-10-18/h4-10,13,15H,11-12,14H2,1-3H3,(H,21,22). The van der Waals surface area contributed by atoms with Gasteiger partial charge < -0.3 is 19.5 Å². The summed E-state index contributed by atoms with van der Waals surface area (Å²) < 4.78 is 16.2. The van der Waals surface area contributed by atoms with Gasteiger partial charge in [-0.1, -0.05) is 26.0 Å². The Bertz CT molecular complexity index is 668. The molecule has 0 aliphatic heterocycles. The summed E-state index contributed by atoms with van der Waals surface area (Å²) >= 11 is 0. The van der Waals surface area contributed by atoms with E-state index in [9.17, 15) is 4.79 Å². The fourth-order valence-electron chi connectivity index (χ4n) is 2.19. The van der Waals surface area contributed by atoms with E-state index in [2.05, 4.69) is 19.2 Å². The number of nitrogens with one attached hydrogen (secondary N) is 1. The van der Waals surface area contributed by atoms with Gasteiger partial charge in [-0.2, -0.15) is 0 Å². The summed E-state index contributed by atoms with van der Waals surface area (Å²) in [4.78, 5) is 11.8. The molecule has 1 N–H and O–H groups in total. The van der Waals surface area contributed by atoms with Crippen LogP contribution in [0.25, 0.3) is 0 Å². The van der Waals surface area contributed by atoms with Gasteiger partial charge in [0.05, 0.1) is 13.7 Å². The third kappa shape index (κ3) is 6.37. The second kappa shape index (κ2) is 9.57. The highest BCUT2D eigenvalue weighted by Gasteiger charge is 2.05. The summed E-state index contributed by atoms with van der Waals surface area (Å²) in [5, 5.41) is 2.77. The van der Waals surface area contributed by atoms with E-state index in [0.717, 1.165) is 11.5 Å². The molecule has 0 saturated carbocycles. The van der Waals surface area contributed by atoms with Crippen LogP contribution in [-0.2, 0) is 4.79 Å². The highest BCUT2D eigenvalue weighted by Crippen LogP contribution is 2.20. The van der Waals surface area contributed by atoms with Crippen LogP contribution in [0.5, 0.6) is 17.2 Å². The first-order valence-electron chi connectivity index (χ1n) is 8.35. The molecule has 0 radical (unpaired) electrons. The molecule has 1 amide bonds. The lowest BCUT2D eigenvalue weighted by Crippen LogP contribution is -2.32. The zero-order valence-electron chi connectivity index (χ0n) is 15.0. The number of benzene rings is 2. The van der Waals surface area contributed by atoms with Gasteiger partial charge in [-0.15, -0.1) is 0 Å². The summed E-state index contributed by atoms with van der Waals surface area (Å²) in [5.74, 6) is 2.47. The Kier molecular flexibility index (Phi) is 7.14. The Morgan fingerprint density at radius 2 is 1.72 bits per heavy atom. The van der Waals surface area contributed by atoms with Crippen LogP contribution in [-0.4, -0.2) is 32.8 Å². The predicted molar refractivity (Wildman–Crippen MR) is 97.5 cm³/mol. The number of carbonyl (C=O) groups is 1. The molecule has 5 nitrogen and oxygen atoms in total. The van der Waals surface area contributed by atoms with Crippen LogP contribution in [0, 0.1) is 0 Å². The summed E-state index contributed by atoms with van der Waals surface area (Å²) in [5.41, 5.74) is 1.19. The van der Waals surface area contributed by atoms with Gasteiger partial charge in [0.25, 0.3) is 5.91 Å². The number of ether oxygens (including phenoxy) is 3. The molecule has 0 unspecified atom stereocenters. The fraction of sp³-hybridized carbons (Fsp3) is 0.350. The second-order valence-electron chi connectivity index (χ2n) is 5.89. The lowest BCUT2D eigenvalue weighted by Gasteiger charge is -2.11. The van der Waals surface area contributed by atoms with Crippen LogP contribution < -0.4 is 19.5 Å². The van der Waals surface area contributed by atoms with Crippen LogP contribution in [0.2, 0.25) is 0 Å². The molecule has 0 bridgehead atoms. The highest BCUT2D eigenvalue weighted by molar-refractivity contribution is 5.77. The Hall–Kier alpha value is -2.69. The number of rotatable bonds is 9. The molecule has 0 aliphatic carbocycles. The monoisotopic (exact) mass is 343 g/mol. The van der Waals surface area contributed by atoms with Crippen LogP contribution in [0.3, 0.4) is 0 Å². The average molecular weight is 343 g/mol. The fourth-order valence-corrected chi connectivity index (χ4v) is 2.19. The van der Waals surface area contributed by atoms with Crippen molar-refractivity contribution in [2.75, 3.05) is 26.9 Å². The molecule has 0 spiro atoms. The van der Waals surface area contributed by atoms with E-state index in [0.29, 0.717) is 24.8 Å². The van der Waals surface area contributed by atoms with E-state index in [-0.39, 0.29) is 12.5 Å². The Balaban J connectivity index is 1.66. The SMILES string of the molecule is COc1ccc(OCCNC(=O)COc2cccc(C(C)C)c2)cc1. The molecular weight excluding hydrogens is 318 g/mol. The third-order valence-corrected chi connectivity index (χ3v) is 3.65. The van der Waals surface area contributed by atoms with Crippen LogP contribution in [0.15, 0.2) is 48.5 Å². The van der Waals surface area contributed by atoms with E-state index in [1.807, 2.05) is 48.5 Å². The quantitative estimate of drug-likeness (QED) is 0.709. The highest BCUT2D eigenvalue weighted by atomic mass is 16.5. The normalized spacial score (nSPS) is 10.4. The molecule has 0 heterocycles. The van der Waals surface area contributed by atoms with Gasteiger partial charge in [0.1, 0.15) is 23.9 Å². The molecule has 134 valence electrons. The molecule has 0 atom stereocenters. The van der Waals surface area contributed by atoms with Gasteiger partial charge in [-0.25, -0.2) is 0 Å². The van der Waals surface area contributed by atoms with Crippen LogP contribution in [0.4, 0.5) is 0 Å². The first-order chi connectivity index (χ1) is 12.1. The van der Waals surface area contributed by atoms with Crippen molar-refractivity contribution in [1.82, 2.24) is 5.32 Å². The smallest absolute Gasteiger partial charge is 0.258 e. The van der Waals surface area contributed by atoms with Crippen molar-refractivity contribution in [3.63, 3.8) is 0 Å². The van der Waals surface area contributed by atoms with Crippen molar-refractivity contribution in [3.05, 3.63) is 54.1 Å². The van der Waals surface area contributed by atoms with E-state index < -0.39 is 0 Å². The topological polar surface area (TPSA) is 56.8 Å². The van der Waals surface area contributed by atoms with E-state index in [1.165, 1.54) is 5.56 Å². The molecule has 5 heteroatoms. The van der Waals surface area contributed by atoms with Crippen molar-refractivity contribution < 1.29 is 19.0 Å². The van der Waals surface area contributed by atoms with E-state index in [1.54, 1.807) is 7.11 Å². The van der Waals surface area contributed by atoms with Crippen molar-refractivity contribution in [2.24, 2.45) is 0 Å². The van der Waals surface area contributed by atoms with Gasteiger partial charge in [0, 0.05) is 0 Å². The number of amides is 1. The van der Waals surface area contributed by atoms with Gasteiger partial charge in [0.2, 0.25) is 0 Å². The lowest BCUT2D eigenvalue weighted by atomic mass is 10.0. The molecule has 0 fully saturated rings. The number of carbonyl (C=O) groups excluding carboxylic acids is 1. The average Bonchev–Trinajstić information content (AvgIpc) is 2.64. The molecule has 2 aromatic carbocycles. The minimum Gasteiger partial charge on any atom is -0.497 e. The predicted octanol–water partition coefficient (Wildman–Crippen LogP) is 3.39. The number of hydrogen-bond acceptors (Lipinski definition) is 4. The third-order valence-electron chi connectivity index (χ3n) is 3.65. The summed E-state index contributed by atoms with van der Waals surface area (Å²) in [7, 11) is 1.62. The zero-order chi connectivity index (χ0) is 18.1. The molecule has 0 aromatic heterocycles. The number of hydrogen-bond donors (Lipinski definition) is 1. The molecular formula is C20H25NO4. The van der Waals surface area contributed by atoms with Crippen LogP contribution >= 0.6 is 0 Å². The Morgan fingerprint density at radius 3 is 2.40 bits per heavy atom.